The van der Waals surface area contributed by atoms with E-state index in [1.165, 1.54) is 18.3 Å². The van der Waals surface area contributed by atoms with Crippen molar-refractivity contribution in [3.05, 3.63) is 77.0 Å². The summed E-state index contributed by atoms with van der Waals surface area (Å²) in [6.07, 6.45) is 4.83. The van der Waals surface area contributed by atoms with Gasteiger partial charge in [0.15, 0.2) is 0 Å². The topological polar surface area (TPSA) is 112 Å². The van der Waals surface area contributed by atoms with Crippen LogP contribution in [0, 0.1) is 0 Å². The average molecular weight is 337 g/mol. The quantitative estimate of drug-likeness (QED) is 0.716. The molecule has 3 N–H and O–H groups in total. The summed E-state index contributed by atoms with van der Waals surface area (Å²) in [6.45, 7) is -0.283. The SMILES string of the molecule is NC(=O)Cn1cccc(C(=O)Nc2cccc(-n3cccn3)c2)c1=O. The Morgan fingerprint density at radius 1 is 1.12 bits per heavy atom. The maximum atomic E-state index is 12.4. The van der Waals surface area contributed by atoms with Gasteiger partial charge in [-0.05, 0) is 36.4 Å². The van der Waals surface area contributed by atoms with Crippen LogP contribution in [-0.4, -0.2) is 26.2 Å². The number of pyridine rings is 1. The van der Waals surface area contributed by atoms with Gasteiger partial charge in [0, 0.05) is 24.3 Å². The highest BCUT2D eigenvalue weighted by atomic mass is 16.2. The molecule has 0 radical (unpaired) electrons. The molecule has 2 heterocycles. The number of primary amides is 1. The van der Waals surface area contributed by atoms with Gasteiger partial charge < -0.3 is 15.6 Å². The van der Waals surface area contributed by atoms with Gasteiger partial charge in [-0.25, -0.2) is 4.68 Å². The van der Waals surface area contributed by atoms with Crippen molar-refractivity contribution in [3.63, 3.8) is 0 Å². The summed E-state index contributed by atoms with van der Waals surface area (Å²) in [5.41, 5.74) is 5.72. The molecule has 3 aromatic rings. The monoisotopic (exact) mass is 337 g/mol. The predicted molar refractivity (Wildman–Crippen MR) is 91.4 cm³/mol. The van der Waals surface area contributed by atoms with Crippen LogP contribution < -0.4 is 16.6 Å². The van der Waals surface area contributed by atoms with Crippen molar-refractivity contribution in [2.24, 2.45) is 5.73 Å². The lowest BCUT2D eigenvalue weighted by atomic mass is 10.2. The van der Waals surface area contributed by atoms with E-state index in [9.17, 15) is 14.4 Å². The van der Waals surface area contributed by atoms with Crippen LogP contribution >= 0.6 is 0 Å². The third-order valence-electron chi connectivity index (χ3n) is 3.46. The summed E-state index contributed by atoms with van der Waals surface area (Å²) in [7, 11) is 0. The second-order valence-electron chi connectivity index (χ2n) is 5.28. The van der Waals surface area contributed by atoms with E-state index < -0.39 is 17.4 Å². The van der Waals surface area contributed by atoms with E-state index in [4.69, 9.17) is 5.73 Å². The summed E-state index contributed by atoms with van der Waals surface area (Å²) >= 11 is 0. The van der Waals surface area contributed by atoms with Crippen LogP contribution in [0.2, 0.25) is 0 Å². The molecule has 0 spiro atoms. The molecule has 2 amide bonds. The lowest BCUT2D eigenvalue weighted by Gasteiger charge is -2.09. The summed E-state index contributed by atoms with van der Waals surface area (Å²) in [6, 6.07) is 11.7. The molecule has 0 aliphatic heterocycles. The van der Waals surface area contributed by atoms with E-state index in [1.807, 2.05) is 6.07 Å². The largest absolute Gasteiger partial charge is 0.368 e. The van der Waals surface area contributed by atoms with Gasteiger partial charge in [-0.15, -0.1) is 0 Å². The molecule has 0 saturated carbocycles. The number of hydrogen-bond acceptors (Lipinski definition) is 4. The maximum Gasteiger partial charge on any atom is 0.263 e. The Hall–Kier alpha value is -3.68. The summed E-state index contributed by atoms with van der Waals surface area (Å²) in [5, 5.41) is 6.80. The first-order valence-corrected chi connectivity index (χ1v) is 7.44. The molecule has 0 bridgehead atoms. The molecule has 0 atom stereocenters. The third kappa shape index (κ3) is 3.63. The Morgan fingerprint density at radius 3 is 2.68 bits per heavy atom. The summed E-state index contributed by atoms with van der Waals surface area (Å²) in [4.78, 5) is 35.7. The third-order valence-corrected chi connectivity index (χ3v) is 3.46. The van der Waals surface area contributed by atoms with Crippen LogP contribution in [0.5, 0.6) is 0 Å². The van der Waals surface area contributed by atoms with Gasteiger partial charge in [0.1, 0.15) is 12.1 Å². The first kappa shape index (κ1) is 16.2. The van der Waals surface area contributed by atoms with Gasteiger partial charge in [-0.1, -0.05) is 6.07 Å². The second-order valence-corrected chi connectivity index (χ2v) is 5.28. The lowest BCUT2D eigenvalue weighted by Crippen LogP contribution is -2.32. The highest BCUT2D eigenvalue weighted by Crippen LogP contribution is 2.14. The minimum absolute atomic E-state index is 0.0757. The number of nitrogens with one attached hydrogen (secondary N) is 1. The number of rotatable bonds is 5. The molecule has 1 aromatic carbocycles. The molecule has 126 valence electrons. The minimum Gasteiger partial charge on any atom is -0.368 e. The Labute approximate surface area is 142 Å². The first-order valence-electron chi connectivity index (χ1n) is 7.44. The zero-order valence-electron chi connectivity index (χ0n) is 13.1. The number of nitrogens with zero attached hydrogens (tertiary/aromatic N) is 3. The summed E-state index contributed by atoms with van der Waals surface area (Å²) in [5.74, 6) is -1.23. The standard InChI is InChI=1S/C17H15N5O3/c18-15(23)11-21-8-2-6-14(17(21)25)16(24)20-12-4-1-5-13(10-12)22-9-3-7-19-22/h1-10H,11H2,(H2,18,23)(H,20,24). The minimum atomic E-state index is -0.661. The normalized spacial score (nSPS) is 10.4. The second kappa shape index (κ2) is 6.83. The van der Waals surface area contributed by atoms with Crippen LogP contribution in [0.1, 0.15) is 10.4 Å². The van der Waals surface area contributed by atoms with Crippen molar-refractivity contribution in [1.29, 1.82) is 0 Å². The van der Waals surface area contributed by atoms with E-state index in [0.717, 1.165) is 10.3 Å². The molecule has 0 aliphatic carbocycles. The van der Waals surface area contributed by atoms with E-state index >= 15 is 0 Å². The fraction of sp³-hybridized carbons (Fsp3) is 0.0588. The predicted octanol–water partition coefficient (Wildman–Crippen LogP) is 0.772. The number of anilines is 1. The van der Waals surface area contributed by atoms with Crippen LogP contribution in [-0.2, 0) is 11.3 Å². The molecular formula is C17H15N5O3. The van der Waals surface area contributed by atoms with Crippen molar-refractivity contribution in [1.82, 2.24) is 14.3 Å². The molecule has 8 nitrogen and oxygen atoms in total. The fourth-order valence-corrected chi connectivity index (χ4v) is 2.35. The Morgan fingerprint density at radius 2 is 1.96 bits per heavy atom. The van der Waals surface area contributed by atoms with Crippen molar-refractivity contribution >= 4 is 17.5 Å². The number of amides is 2. The average Bonchev–Trinajstić information content (AvgIpc) is 3.11. The van der Waals surface area contributed by atoms with Gasteiger partial charge in [-0.3, -0.25) is 14.4 Å². The number of nitrogens with two attached hydrogens (primary N) is 1. The van der Waals surface area contributed by atoms with Crippen LogP contribution in [0.3, 0.4) is 0 Å². The van der Waals surface area contributed by atoms with Gasteiger partial charge in [-0.2, -0.15) is 5.10 Å². The zero-order valence-corrected chi connectivity index (χ0v) is 13.1. The van der Waals surface area contributed by atoms with E-state index in [0.29, 0.717) is 5.69 Å². The molecule has 25 heavy (non-hydrogen) atoms. The van der Waals surface area contributed by atoms with Crippen LogP contribution in [0.25, 0.3) is 5.69 Å². The van der Waals surface area contributed by atoms with Gasteiger partial charge in [0.05, 0.1) is 5.69 Å². The number of carbonyl (C=O) groups excluding carboxylic acids is 2. The molecule has 0 saturated heterocycles. The van der Waals surface area contributed by atoms with E-state index in [1.54, 1.807) is 41.3 Å². The Bertz CT molecular complexity index is 976. The van der Waals surface area contributed by atoms with Crippen LogP contribution in [0.4, 0.5) is 5.69 Å². The zero-order chi connectivity index (χ0) is 17.8. The van der Waals surface area contributed by atoms with Crippen LogP contribution in [0.15, 0.2) is 65.8 Å². The lowest BCUT2D eigenvalue weighted by molar-refractivity contribution is -0.118. The number of aromatic nitrogens is 3. The van der Waals surface area contributed by atoms with Gasteiger partial charge in [0.25, 0.3) is 11.5 Å². The fourth-order valence-electron chi connectivity index (χ4n) is 2.35. The smallest absolute Gasteiger partial charge is 0.263 e. The van der Waals surface area contributed by atoms with Gasteiger partial charge in [0.2, 0.25) is 5.91 Å². The number of hydrogen-bond donors (Lipinski definition) is 2. The number of benzene rings is 1. The van der Waals surface area contributed by atoms with Crippen molar-refractivity contribution in [3.8, 4) is 5.69 Å². The van der Waals surface area contributed by atoms with Crippen molar-refractivity contribution < 1.29 is 9.59 Å². The molecule has 0 aliphatic rings. The maximum absolute atomic E-state index is 12.4. The molecule has 3 rings (SSSR count). The highest BCUT2D eigenvalue weighted by Gasteiger charge is 2.13. The highest BCUT2D eigenvalue weighted by molar-refractivity contribution is 6.04. The molecule has 0 unspecified atom stereocenters. The molecule has 2 aromatic heterocycles. The van der Waals surface area contributed by atoms with Crippen molar-refractivity contribution in [2.45, 2.75) is 6.54 Å². The Balaban J connectivity index is 1.85. The summed E-state index contributed by atoms with van der Waals surface area (Å²) < 4.78 is 2.75. The molecule has 8 heteroatoms. The number of carbonyl (C=O) groups is 2. The first-order chi connectivity index (χ1) is 12.0. The Kier molecular flexibility index (Phi) is 4.42. The van der Waals surface area contributed by atoms with E-state index in [-0.39, 0.29) is 12.1 Å². The van der Waals surface area contributed by atoms with Crippen molar-refractivity contribution in [2.75, 3.05) is 5.32 Å². The molecular weight excluding hydrogens is 322 g/mol. The van der Waals surface area contributed by atoms with Gasteiger partial charge >= 0.3 is 0 Å². The van der Waals surface area contributed by atoms with E-state index in [2.05, 4.69) is 10.4 Å². The molecule has 0 fully saturated rings.